The minimum Gasteiger partial charge on any atom is -0.474 e. The van der Waals surface area contributed by atoms with Gasteiger partial charge in [-0.1, -0.05) is 0 Å². The molecule has 0 aliphatic carbocycles. The smallest absolute Gasteiger partial charge is 0.413 e. The van der Waals surface area contributed by atoms with Gasteiger partial charge in [-0.25, -0.2) is 38.3 Å². The third-order valence-electron chi connectivity index (χ3n) is 13.7. The third-order valence-corrected chi connectivity index (χ3v) is 13.7. The SMILES string of the molecule is Cc1c(-c2cc3cc(NC(=O)O[C@@H]4CN(C)C(=O)C4(C)C)ncc3c(N)c2F)cnc2c1NCCO2.Cc1c(-c2cc3cc(NC(=O)O[C@H]4CN(C)C(=O)C4(C)C)ncc3c(N)c2F)cnc2c1NCCO2. The molecule has 2 fully saturated rings. The molecule has 4 amide bonds. The third kappa shape index (κ3) is 8.69. The standard InChI is InChI=1S/2C25H27FN6O4/c2*1-12-15(9-30-22-21(12)28-5-6-35-22)14-7-13-8-18(29-10-16(13)20(27)19(14)26)31-24(34)36-17-11-32(4)23(33)25(17,2)3/h2*7-10,17,28H,5-6,11,27H2,1-4H3,(H,29,31,34)/t2*17-/m10/s1. The molecular formula is C50H54F2N12O8. The highest BCUT2D eigenvalue weighted by atomic mass is 19.1. The summed E-state index contributed by atoms with van der Waals surface area (Å²) in [4.78, 5) is 69.8. The monoisotopic (exact) mass is 988 g/mol. The molecule has 0 spiro atoms. The van der Waals surface area contributed by atoms with Crippen molar-refractivity contribution < 1.29 is 46.9 Å². The van der Waals surface area contributed by atoms with E-state index in [-0.39, 0.29) is 46.0 Å². The van der Waals surface area contributed by atoms with Gasteiger partial charge in [0.05, 0.1) is 35.3 Å². The molecule has 8 N–H and O–H groups in total. The Hall–Kier alpha value is -8.30. The van der Waals surface area contributed by atoms with E-state index < -0.39 is 46.9 Å². The average molecular weight is 989 g/mol. The number of likely N-dealkylation sites (tertiary alicyclic amines) is 2. The first kappa shape index (κ1) is 48.7. The Morgan fingerprint density at radius 2 is 1.04 bits per heavy atom. The molecule has 6 aromatic rings. The molecule has 0 radical (unpaired) electrons. The fourth-order valence-electron chi connectivity index (χ4n) is 9.38. The topological polar surface area (TPSA) is 263 Å². The van der Waals surface area contributed by atoms with E-state index in [2.05, 4.69) is 41.2 Å². The van der Waals surface area contributed by atoms with Crippen LogP contribution < -0.4 is 42.2 Å². The number of anilines is 6. The van der Waals surface area contributed by atoms with Crippen LogP contribution in [0.2, 0.25) is 0 Å². The zero-order valence-electron chi connectivity index (χ0n) is 40.9. The number of nitrogens with two attached hydrogens (primary N) is 2. The summed E-state index contributed by atoms with van der Waals surface area (Å²) in [6.07, 6.45) is 3.23. The number of hydrogen-bond acceptors (Lipinski definition) is 16. The van der Waals surface area contributed by atoms with Gasteiger partial charge in [-0.2, -0.15) is 0 Å². The van der Waals surface area contributed by atoms with Gasteiger partial charge >= 0.3 is 12.2 Å². The first-order valence-corrected chi connectivity index (χ1v) is 23.1. The highest BCUT2D eigenvalue weighted by Crippen LogP contribution is 2.42. The second-order valence-corrected chi connectivity index (χ2v) is 19.2. The predicted molar refractivity (Wildman–Crippen MR) is 267 cm³/mol. The van der Waals surface area contributed by atoms with Crippen molar-refractivity contribution in [2.75, 3.05) is 86.2 Å². The van der Waals surface area contributed by atoms with E-state index in [1.165, 1.54) is 22.2 Å². The van der Waals surface area contributed by atoms with Gasteiger partial charge in [-0.05, 0) is 87.7 Å². The second-order valence-electron chi connectivity index (χ2n) is 19.2. The quantitative estimate of drug-likeness (QED) is 0.0910. The van der Waals surface area contributed by atoms with Crippen molar-refractivity contribution >= 4 is 79.9 Å². The number of amides is 4. The molecule has 22 heteroatoms. The van der Waals surface area contributed by atoms with Crippen LogP contribution in [0.1, 0.15) is 38.8 Å². The molecule has 376 valence electrons. The van der Waals surface area contributed by atoms with Crippen molar-refractivity contribution in [3.05, 3.63) is 71.8 Å². The number of carbonyl (C=O) groups is 4. The maximum Gasteiger partial charge on any atom is 0.413 e. The second kappa shape index (κ2) is 18.5. The summed E-state index contributed by atoms with van der Waals surface area (Å²) in [6, 6.07) is 6.48. The predicted octanol–water partition coefficient (Wildman–Crippen LogP) is 7.09. The fourth-order valence-corrected chi connectivity index (χ4v) is 9.38. The lowest BCUT2D eigenvalue weighted by Crippen LogP contribution is -2.36. The van der Waals surface area contributed by atoms with E-state index in [1.54, 1.807) is 78.4 Å². The number of aromatic nitrogens is 4. The van der Waals surface area contributed by atoms with Crippen LogP contribution in [0.3, 0.4) is 0 Å². The molecule has 4 aliphatic rings. The largest absolute Gasteiger partial charge is 0.474 e. The van der Waals surface area contributed by atoms with E-state index in [4.69, 9.17) is 30.4 Å². The molecule has 0 saturated carbocycles. The highest BCUT2D eigenvalue weighted by molar-refractivity contribution is 6.01. The van der Waals surface area contributed by atoms with Crippen LogP contribution in [0.4, 0.5) is 52.8 Å². The highest BCUT2D eigenvalue weighted by Gasteiger charge is 2.49. The van der Waals surface area contributed by atoms with Gasteiger partial charge in [0, 0.05) is 85.0 Å². The van der Waals surface area contributed by atoms with Crippen molar-refractivity contribution in [1.29, 1.82) is 0 Å². The van der Waals surface area contributed by atoms with Crippen LogP contribution in [0.5, 0.6) is 11.8 Å². The first-order chi connectivity index (χ1) is 34.1. The van der Waals surface area contributed by atoms with Gasteiger partial charge in [0.15, 0.2) is 11.6 Å². The molecule has 0 unspecified atom stereocenters. The van der Waals surface area contributed by atoms with E-state index in [9.17, 15) is 19.2 Å². The lowest BCUT2D eigenvalue weighted by Gasteiger charge is -2.23. The van der Waals surface area contributed by atoms with Crippen LogP contribution in [0.25, 0.3) is 43.8 Å². The maximum absolute atomic E-state index is 15.3. The lowest BCUT2D eigenvalue weighted by atomic mass is 9.89. The molecule has 4 aromatic heterocycles. The van der Waals surface area contributed by atoms with Crippen LogP contribution in [0, 0.1) is 36.3 Å². The molecule has 2 saturated heterocycles. The number of rotatable bonds is 6. The Balaban J connectivity index is 0.000000178. The Kier molecular flexibility index (Phi) is 12.5. The number of pyridine rings is 4. The lowest BCUT2D eigenvalue weighted by molar-refractivity contribution is -0.135. The maximum atomic E-state index is 15.3. The summed E-state index contributed by atoms with van der Waals surface area (Å²) < 4.78 is 52.9. The van der Waals surface area contributed by atoms with Crippen molar-refractivity contribution in [2.24, 2.45) is 10.8 Å². The van der Waals surface area contributed by atoms with Crippen LogP contribution in [-0.2, 0) is 19.1 Å². The Morgan fingerprint density at radius 3 is 1.40 bits per heavy atom. The van der Waals surface area contributed by atoms with Crippen LogP contribution >= 0.6 is 0 Å². The molecule has 20 nitrogen and oxygen atoms in total. The molecule has 2 atom stereocenters. The van der Waals surface area contributed by atoms with Gasteiger partial charge in [-0.15, -0.1) is 0 Å². The number of carbonyl (C=O) groups excluding carboxylic acids is 4. The van der Waals surface area contributed by atoms with Gasteiger partial charge in [0.1, 0.15) is 48.4 Å². The summed E-state index contributed by atoms with van der Waals surface area (Å²) in [5.74, 6) is 0.0104. The van der Waals surface area contributed by atoms with Gasteiger partial charge in [0.2, 0.25) is 23.6 Å². The minimum absolute atomic E-state index is 0.0558. The number of nitrogen functional groups attached to an aromatic ring is 2. The first-order valence-electron chi connectivity index (χ1n) is 23.1. The summed E-state index contributed by atoms with van der Waals surface area (Å²) in [5, 5.41) is 13.7. The number of ether oxygens (including phenoxy) is 4. The average Bonchev–Trinajstić information content (AvgIpc) is 3.66. The molecule has 2 aromatic carbocycles. The van der Waals surface area contributed by atoms with Gasteiger partial charge < -0.3 is 50.8 Å². The van der Waals surface area contributed by atoms with Crippen molar-refractivity contribution in [3.8, 4) is 34.0 Å². The molecular weight excluding hydrogens is 935 g/mol. The molecule has 10 rings (SSSR count). The Bertz CT molecular complexity index is 3030. The summed E-state index contributed by atoms with van der Waals surface area (Å²) in [6.45, 7) is 13.5. The summed E-state index contributed by atoms with van der Waals surface area (Å²) in [5.41, 5.74) is 15.2. The Morgan fingerprint density at radius 1 is 0.653 bits per heavy atom. The van der Waals surface area contributed by atoms with Crippen molar-refractivity contribution in [3.63, 3.8) is 0 Å². The normalized spacial score (nSPS) is 18.4. The number of fused-ring (bicyclic) bond motifs is 4. The number of nitrogens with one attached hydrogen (secondary N) is 4. The summed E-state index contributed by atoms with van der Waals surface area (Å²) in [7, 11) is 3.33. The molecule has 72 heavy (non-hydrogen) atoms. The van der Waals surface area contributed by atoms with E-state index in [0.29, 0.717) is 83.8 Å². The number of hydrogen-bond donors (Lipinski definition) is 6. The zero-order valence-corrected chi connectivity index (χ0v) is 40.9. The van der Waals surface area contributed by atoms with Gasteiger partial charge in [0.25, 0.3) is 0 Å². The minimum atomic E-state index is -0.829. The molecule has 8 heterocycles. The van der Waals surface area contributed by atoms with E-state index in [1.807, 2.05) is 13.8 Å². The number of halogens is 2. The number of nitrogens with zero attached hydrogens (tertiary/aromatic N) is 6. The number of likely N-dealkylation sites (N-methyl/N-ethyl adjacent to an activating group) is 2. The van der Waals surface area contributed by atoms with Crippen molar-refractivity contribution in [1.82, 2.24) is 29.7 Å². The number of benzene rings is 2. The fraction of sp³-hybridized carbons (Fsp3) is 0.360. The zero-order chi connectivity index (χ0) is 51.6. The molecule has 4 aliphatic heterocycles. The summed E-state index contributed by atoms with van der Waals surface area (Å²) >= 11 is 0. The molecule has 0 bridgehead atoms. The Labute approximate surface area is 412 Å². The van der Waals surface area contributed by atoms with Crippen LogP contribution in [-0.4, -0.2) is 119 Å². The van der Waals surface area contributed by atoms with Crippen LogP contribution in [0.15, 0.2) is 49.1 Å². The van der Waals surface area contributed by atoms with E-state index >= 15 is 8.78 Å². The van der Waals surface area contributed by atoms with E-state index in [0.717, 1.165) is 22.5 Å². The van der Waals surface area contributed by atoms with Crippen molar-refractivity contribution in [2.45, 2.75) is 53.8 Å². The van der Waals surface area contributed by atoms with Gasteiger partial charge in [-0.3, -0.25) is 20.2 Å².